The third-order valence-corrected chi connectivity index (χ3v) is 2.59. The molecule has 0 amide bonds. The van der Waals surface area contributed by atoms with Crippen LogP contribution in [0.25, 0.3) is 0 Å². The van der Waals surface area contributed by atoms with Gasteiger partial charge in [0.15, 0.2) is 0 Å². The van der Waals surface area contributed by atoms with E-state index < -0.39 is 23.8 Å². The molecule has 0 aliphatic carbocycles. The highest BCUT2D eigenvalue weighted by molar-refractivity contribution is 5.77. The number of rotatable bonds is 4. The Balaban J connectivity index is 3.02. The van der Waals surface area contributed by atoms with Gasteiger partial charge in [-0.25, -0.2) is 4.79 Å². The van der Waals surface area contributed by atoms with Gasteiger partial charge in [-0.3, -0.25) is 0 Å². The number of aliphatic carboxylic acids is 1. The van der Waals surface area contributed by atoms with Crippen molar-refractivity contribution in [3.63, 3.8) is 0 Å². The van der Waals surface area contributed by atoms with Crippen molar-refractivity contribution in [1.82, 2.24) is 0 Å². The van der Waals surface area contributed by atoms with Gasteiger partial charge in [0.2, 0.25) is 0 Å². The Morgan fingerprint density at radius 2 is 2.06 bits per heavy atom. The average molecular weight is 261 g/mol. The second-order valence-corrected chi connectivity index (χ2v) is 3.97. The van der Waals surface area contributed by atoms with E-state index in [1.165, 1.54) is 19.1 Å². The maximum absolute atomic E-state index is 12.7. The van der Waals surface area contributed by atoms with Crippen molar-refractivity contribution in [3.05, 3.63) is 29.3 Å². The van der Waals surface area contributed by atoms with E-state index in [9.17, 15) is 18.0 Å². The monoisotopic (exact) mass is 261 g/mol. The molecular formula is C12H14F3NO2. The van der Waals surface area contributed by atoms with Crippen LogP contribution >= 0.6 is 0 Å². The highest BCUT2D eigenvalue weighted by Gasteiger charge is 2.32. The fourth-order valence-corrected chi connectivity index (χ4v) is 1.56. The zero-order valence-corrected chi connectivity index (χ0v) is 10.0. The highest BCUT2D eigenvalue weighted by atomic mass is 19.4. The second kappa shape index (κ2) is 5.29. The van der Waals surface area contributed by atoms with Crippen molar-refractivity contribution in [3.8, 4) is 0 Å². The Labute approximate surface area is 103 Å². The number of hydrogen-bond donors (Lipinski definition) is 2. The minimum absolute atomic E-state index is 0.108. The van der Waals surface area contributed by atoms with Crippen LogP contribution in [0.4, 0.5) is 18.9 Å². The van der Waals surface area contributed by atoms with E-state index in [0.717, 1.165) is 6.07 Å². The molecule has 1 aromatic carbocycles. The molecular weight excluding hydrogens is 247 g/mol. The number of carboxylic acid groups (broad SMARTS) is 1. The summed E-state index contributed by atoms with van der Waals surface area (Å²) in [4.78, 5) is 10.8. The first kappa shape index (κ1) is 14.3. The fourth-order valence-electron chi connectivity index (χ4n) is 1.56. The maximum atomic E-state index is 12.7. The number of carboxylic acids is 1. The van der Waals surface area contributed by atoms with Crippen LogP contribution in [0.1, 0.15) is 24.5 Å². The van der Waals surface area contributed by atoms with E-state index >= 15 is 0 Å². The Bertz CT molecular complexity index is 443. The van der Waals surface area contributed by atoms with E-state index in [-0.39, 0.29) is 17.7 Å². The van der Waals surface area contributed by atoms with E-state index in [0.29, 0.717) is 0 Å². The van der Waals surface area contributed by atoms with Crippen molar-refractivity contribution in [2.24, 2.45) is 0 Å². The van der Waals surface area contributed by atoms with Crippen LogP contribution < -0.4 is 5.32 Å². The Morgan fingerprint density at radius 3 is 2.50 bits per heavy atom. The minimum atomic E-state index is -4.44. The van der Waals surface area contributed by atoms with E-state index in [1.807, 2.05) is 0 Å². The van der Waals surface area contributed by atoms with Gasteiger partial charge in [0.05, 0.1) is 5.56 Å². The Hall–Kier alpha value is -1.72. The first-order valence-electron chi connectivity index (χ1n) is 5.43. The largest absolute Gasteiger partial charge is 0.480 e. The summed E-state index contributed by atoms with van der Waals surface area (Å²) in [5, 5.41) is 11.4. The number of hydrogen-bond acceptors (Lipinski definition) is 2. The molecule has 6 heteroatoms. The molecule has 1 aromatic rings. The van der Waals surface area contributed by atoms with E-state index in [1.54, 1.807) is 6.92 Å². The summed E-state index contributed by atoms with van der Waals surface area (Å²) in [6.45, 7) is 3.01. The van der Waals surface area contributed by atoms with Crippen molar-refractivity contribution >= 4 is 11.7 Å². The predicted molar refractivity (Wildman–Crippen MR) is 61.5 cm³/mol. The number of benzene rings is 1. The van der Waals surface area contributed by atoms with Gasteiger partial charge in [-0.05, 0) is 31.0 Å². The van der Waals surface area contributed by atoms with Gasteiger partial charge >= 0.3 is 12.1 Å². The molecule has 0 bridgehead atoms. The lowest BCUT2D eigenvalue weighted by Gasteiger charge is -2.16. The molecule has 0 aromatic heterocycles. The third kappa shape index (κ3) is 3.38. The number of aryl methyl sites for hydroxylation is 1. The molecule has 0 saturated heterocycles. The van der Waals surface area contributed by atoms with Crippen LogP contribution in [0.15, 0.2) is 18.2 Å². The van der Waals surface area contributed by atoms with Gasteiger partial charge in [0.1, 0.15) is 6.04 Å². The average Bonchev–Trinajstić information content (AvgIpc) is 2.25. The van der Waals surface area contributed by atoms with Crippen LogP contribution in [0.3, 0.4) is 0 Å². The molecule has 1 unspecified atom stereocenters. The number of anilines is 1. The lowest BCUT2D eigenvalue weighted by atomic mass is 10.1. The van der Waals surface area contributed by atoms with Gasteiger partial charge in [0.25, 0.3) is 0 Å². The fraction of sp³-hybridized carbons (Fsp3) is 0.417. The van der Waals surface area contributed by atoms with E-state index in [4.69, 9.17) is 5.11 Å². The standard InChI is InChI=1S/C12H14F3NO2/c1-3-10(11(17)18)16-8-5-4-7(2)9(6-8)12(13,14)15/h4-6,10,16H,3H2,1-2H3,(H,17,18). The summed E-state index contributed by atoms with van der Waals surface area (Å²) >= 11 is 0. The van der Waals surface area contributed by atoms with Gasteiger partial charge in [-0.1, -0.05) is 13.0 Å². The summed E-state index contributed by atoms with van der Waals surface area (Å²) < 4.78 is 38.0. The molecule has 0 aliphatic heterocycles. The predicted octanol–water partition coefficient (Wildman–Crippen LogP) is 3.29. The summed E-state index contributed by atoms with van der Waals surface area (Å²) in [6.07, 6.45) is -4.16. The molecule has 0 saturated carbocycles. The molecule has 3 nitrogen and oxygen atoms in total. The minimum Gasteiger partial charge on any atom is -0.480 e. The van der Waals surface area contributed by atoms with Crippen LogP contribution in [0, 0.1) is 6.92 Å². The SMILES string of the molecule is CCC(Nc1ccc(C)c(C(F)(F)F)c1)C(=O)O. The number of carbonyl (C=O) groups is 1. The van der Waals surface area contributed by atoms with Gasteiger partial charge in [-0.15, -0.1) is 0 Å². The smallest absolute Gasteiger partial charge is 0.416 e. The molecule has 100 valence electrons. The first-order valence-corrected chi connectivity index (χ1v) is 5.43. The van der Waals surface area contributed by atoms with Gasteiger partial charge in [0, 0.05) is 5.69 Å². The van der Waals surface area contributed by atoms with Crippen LogP contribution in [-0.2, 0) is 11.0 Å². The topological polar surface area (TPSA) is 49.3 Å². The molecule has 0 heterocycles. The number of alkyl halides is 3. The van der Waals surface area contributed by atoms with Crippen molar-refractivity contribution < 1.29 is 23.1 Å². The van der Waals surface area contributed by atoms with Crippen molar-refractivity contribution in [1.29, 1.82) is 0 Å². The summed E-state index contributed by atoms with van der Waals surface area (Å²) in [7, 11) is 0. The van der Waals surface area contributed by atoms with Crippen LogP contribution in [-0.4, -0.2) is 17.1 Å². The zero-order chi connectivity index (χ0) is 13.9. The molecule has 18 heavy (non-hydrogen) atoms. The lowest BCUT2D eigenvalue weighted by Crippen LogP contribution is -2.28. The highest BCUT2D eigenvalue weighted by Crippen LogP contribution is 2.33. The lowest BCUT2D eigenvalue weighted by molar-refractivity contribution is -0.138. The molecule has 2 N–H and O–H groups in total. The molecule has 0 spiro atoms. The first-order chi connectivity index (χ1) is 8.25. The van der Waals surface area contributed by atoms with E-state index in [2.05, 4.69) is 5.32 Å². The quantitative estimate of drug-likeness (QED) is 0.874. The van der Waals surface area contributed by atoms with Gasteiger partial charge < -0.3 is 10.4 Å². The van der Waals surface area contributed by atoms with Gasteiger partial charge in [-0.2, -0.15) is 13.2 Å². The molecule has 0 aliphatic rings. The third-order valence-electron chi connectivity index (χ3n) is 2.59. The maximum Gasteiger partial charge on any atom is 0.416 e. The number of halogens is 3. The summed E-state index contributed by atoms with van der Waals surface area (Å²) in [6, 6.07) is 2.80. The molecule has 0 fully saturated rings. The van der Waals surface area contributed by atoms with Crippen molar-refractivity contribution in [2.75, 3.05) is 5.32 Å². The number of nitrogens with one attached hydrogen (secondary N) is 1. The summed E-state index contributed by atoms with van der Waals surface area (Å²) in [5.74, 6) is -1.09. The zero-order valence-electron chi connectivity index (χ0n) is 10.0. The second-order valence-electron chi connectivity index (χ2n) is 3.97. The normalized spacial score (nSPS) is 13.2. The molecule has 0 radical (unpaired) electrons. The van der Waals surface area contributed by atoms with Crippen molar-refractivity contribution in [2.45, 2.75) is 32.5 Å². The Kier molecular flexibility index (Phi) is 4.21. The summed E-state index contributed by atoms with van der Waals surface area (Å²) in [5.41, 5.74) is -0.494. The van der Waals surface area contributed by atoms with Crippen LogP contribution in [0.5, 0.6) is 0 Å². The Morgan fingerprint density at radius 1 is 1.44 bits per heavy atom. The van der Waals surface area contributed by atoms with Crippen LogP contribution in [0.2, 0.25) is 0 Å². The molecule has 1 atom stereocenters. The molecule has 1 rings (SSSR count).